The van der Waals surface area contributed by atoms with Gasteiger partial charge in [-0.15, -0.1) is 10.2 Å². The molecule has 0 aliphatic rings. The van der Waals surface area contributed by atoms with E-state index < -0.39 is 5.82 Å². The number of rotatable bonds is 2. The molecule has 0 spiro atoms. The average Bonchev–Trinajstić information content (AvgIpc) is 2.80. The molecule has 100 valence electrons. The Morgan fingerprint density at radius 1 is 0.950 bits per heavy atom. The minimum absolute atomic E-state index is 0.144. The third-order valence-electron chi connectivity index (χ3n) is 2.76. The topological polar surface area (TPSA) is 30.7 Å². The first-order chi connectivity index (χ1) is 9.65. The summed E-state index contributed by atoms with van der Waals surface area (Å²) in [6.45, 7) is 0. The third-order valence-corrected chi connectivity index (χ3v) is 3.22. The van der Waals surface area contributed by atoms with E-state index in [0.717, 1.165) is 5.56 Å². The van der Waals surface area contributed by atoms with Gasteiger partial charge in [0, 0.05) is 10.6 Å². The van der Waals surface area contributed by atoms with Gasteiger partial charge < -0.3 is 0 Å². The van der Waals surface area contributed by atoms with Gasteiger partial charge in [-0.05, 0) is 29.8 Å². The second-order valence-electron chi connectivity index (χ2n) is 4.12. The van der Waals surface area contributed by atoms with E-state index in [1.165, 1.54) is 12.1 Å². The van der Waals surface area contributed by atoms with Gasteiger partial charge in [-0.3, -0.25) is 4.57 Å². The largest absolute Gasteiger partial charge is 0.266 e. The van der Waals surface area contributed by atoms with Crippen molar-refractivity contribution in [2.75, 3.05) is 0 Å². The van der Waals surface area contributed by atoms with Crippen molar-refractivity contribution in [1.29, 1.82) is 0 Å². The zero-order valence-electron chi connectivity index (χ0n) is 10.1. The van der Waals surface area contributed by atoms with Crippen molar-refractivity contribution >= 4 is 23.2 Å². The van der Waals surface area contributed by atoms with Crippen molar-refractivity contribution in [3.8, 4) is 17.1 Å². The van der Waals surface area contributed by atoms with E-state index in [4.69, 9.17) is 23.2 Å². The van der Waals surface area contributed by atoms with Crippen LogP contribution in [0.3, 0.4) is 0 Å². The molecule has 0 fully saturated rings. The van der Waals surface area contributed by atoms with Gasteiger partial charge >= 0.3 is 0 Å². The maximum absolute atomic E-state index is 13.5. The van der Waals surface area contributed by atoms with E-state index in [9.17, 15) is 4.39 Å². The average molecular weight is 308 g/mol. The molecule has 0 N–H and O–H groups in total. The second kappa shape index (κ2) is 5.23. The molecule has 1 aromatic heterocycles. The predicted octanol–water partition coefficient (Wildman–Crippen LogP) is 4.38. The molecule has 20 heavy (non-hydrogen) atoms. The Labute approximate surface area is 124 Å². The molecule has 0 saturated heterocycles. The molecule has 6 heteroatoms. The fourth-order valence-electron chi connectivity index (χ4n) is 1.94. The molecule has 1 heterocycles. The molecule has 3 aromatic rings. The van der Waals surface area contributed by atoms with E-state index in [1.807, 2.05) is 30.3 Å². The summed E-state index contributed by atoms with van der Waals surface area (Å²) < 4.78 is 15.1. The van der Waals surface area contributed by atoms with Gasteiger partial charge in [-0.1, -0.05) is 41.9 Å². The highest BCUT2D eigenvalue weighted by Crippen LogP contribution is 2.27. The standard InChI is InChI=1S/C14H8Cl2FN3/c15-10-6-11(17)8-12(7-10)20-13(18-19-14(20)16)9-4-2-1-3-5-9/h1-8H. The van der Waals surface area contributed by atoms with Crippen molar-refractivity contribution in [2.45, 2.75) is 0 Å². The molecule has 0 atom stereocenters. The highest BCUT2D eigenvalue weighted by Gasteiger charge is 2.15. The van der Waals surface area contributed by atoms with Crippen LogP contribution in [0.5, 0.6) is 0 Å². The Morgan fingerprint density at radius 3 is 2.40 bits per heavy atom. The molecule has 2 aromatic carbocycles. The molecule has 0 aliphatic carbocycles. The van der Waals surface area contributed by atoms with Crippen LogP contribution in [-0.2, 0) is 0 Å². The van der Waals surface area contributed by atoms with Crippen molar-refractivity contribution in [1.82, 2.24) is 14.8 Å². The number of hydrogen-bond acceptors (Lipinski definition) is 2. The summed E-state index contributed by atoms with van der Waals surface area (Å²) in [5.74, 6) is 0.0774. The Bertz CT molecular complexity index is 736. The summed E-state index contributed by atoms with van der Waals surface area (Å²) in [6, 6.07) is 13.5. The van der Waals surface area contributed by atoms with Gasteiger partial charge in [-0.2, -0.15) is 0 Å². The number of aromatic nitrogens is 3. The lowest BCUT2D eigenvalue weighted by molar-refractivity contribution is 0.626. The predicted molar refractivity (Wildman–Crippen MR) is 76.8 cm³/mol. The van der Waals surface area contributed by atoms with Gasteiger partial charge in [0.2, 0.25) is 5.28 Å². The lowest BCUT2D eigenvalue weighted by Crippen LogP contribution is -1.98. The summed E-state index contributed by atoms with van der Waals surface area (Å²) in [5, 5.41) is 8.30. The maximum atomic E-state index is 13.5. The molecule has 0 bridgehead atoms. The molecule has 0 unspecified atom stereocenters. The lowest BCUT2D eigenvalue weighted by atomic mass is 10.2. The van der Waals surface area contributed by atoms with Gasteiger partial charge in [0.15, 0.2) is 5.82 Å². The van der Waals surface area contributed by atoms with E-state index in [-0.39, 0.29) is 10.3 Å². The van der Waals surface area contributed by atoms with Crippen LogP contribution in [0.4, 0.5) is 4.39 Å². The summed E-state index contributed by atoms with van der Waals surface area (Å²) in [4.78, 5) is 0. The van der Waals surface area contributed by atoms with E-state index in [2.05, 4.69) is 10.2 Å². The molecule has 3 nitrogen and oxygen atoms in total. The minimum Gasteiger partial charge on any atom is -0.266 e. The van der Waals surface area contributed by atoms with Gasteiger partial charge in [0.25, 0.3) is 0 Å². The van der Waals surface area contributed by atoms with Crippen LogP contribution in [-0.4, -0.2) is 14.8 Å². The van der Waals surface area contributed by atoms with Crippen LogP contribution in [0.2, 0.25) is 10.3 Å². The van der Waals surface area contributed by atoms with Crippen molar-refractivity contribution in [3.63, 3.8) is 0 Å². The maximum Gasteiger partial charge on any atom is 0.229 e. The van der Waals surface area contributed by atoms with Crippen molar-refractivity contribution in [2.24, 2.45) is 0 Å². The Morgan fingerprint density at radius 2 is 1.70 bits per heavy atom. The zero-order valence-corrected chi connectivity index (χ0v) is 11.6. The minimum atomic E-state index is -0.448. The first-order valence-electron chi connectivity index (χ1n) is 5.78. The van der Waals surface area contributed by atoms with Crippen LogP contribution in [0.25, 0.3) is 17.1 Å². The number of benzene rings is 2. The summed E-state index contributed by atoms with van der Waals surface area (Å²) in [5.41, 5.74) is 1.30. The van der Waals surface area contributed by atoms with Crippen LogP contribution in [0.1, 0.15) is 0 Å². The number of hydrogen-bond donors (Lipinski definition) is 0. The van der Waals surface area contributed by atoms with Crippen molar-refractivity contribution < 1.29 is 4.39 Å². The first kappa shape index (κ1) is 13.1. The van der Waals surface area contributed by atoms with E-state index >= 15 is 0 Å². The highest BCUT2D eigenvalue weighted by atomic mass is 35.5. The Balaban J connectivity index is 2.22. The highest BCUT2D eigenvalue weighted by molar-refractivity contribution is 6.31. The third kappa shape index (κ3) is 2.40. The fourth-order valence-corrected chi connectivity index (χ4v) is 2.37. The first-order valence-corrected chi connectivity index (χ1v) is 6.53. The molecule has 0 amide bonds. The Hall–Kier alpha value is -1.91. The molecular formula is C14H8Cl2FN3. The molecule has 0 saturated carbocycles. The van der Waals surface area contributed by atoms with Gasteiger partial charge in [-0.25, -0.2) is 4.39 Å². The summed E-state index contributed by atoms with van der Waals surface area (Å²) in [7, 11) is 0. The second-order valence-corrected chi connectivity index (χ2v) is 4.90. The van der Waals surface area contributed by atoms with Crippen LogP contribution >= 0.6 is 23.2 Å². The normalized spacial score (nSPS) is 10.8. The molecular weight excluding hydrogens is 300 g/mol. The lowest BCUT2D eigenvalue weighted by Gasteiger charge is -2.08. The summed E-state index contributed by atoms with van der Waals surface area (Å²) in [6.07, 6.45) is 0. The van der Waals surface area contributed by atoms with Crippen LogP contribution in [0, 0.1) is 5.82 Å². The van der Waals surface area contributed by atoms with Crippen LogP contribution in [0.15, 0.2) is 48.5 Å². The number of halogens is 3. The smallest absolute Gasteiger partial charge is 0.229 e. The molecule has 0 radical (unpaired) electrons. The Kier molecular flexibility index (Phi) is 3.42. The SMILES string of the molecule is Fc1cc(Cl)cc(-n2c(Cl)nnc2-c2ccccc2)c1. The quantitative estimate of drug-likeness (QED) is 0.703. The van der Waals surface area contributed by atoms with Gasteiger partial charge in [0.1, 0.15) is 5.82 Å². The fraction of sp³-hybridized carbons (Fsp3) is 0. The van der Waals surface area contributed by atoms with Gasteiger partial charge in [0.05, 0.1) is 5.69 Å². The zero-order chi connectivity index (χ0) is 14.1. The van der Waals surface area contributed by atoms with Crippen molar-refractivity contribution in [3.05, 3.63) is 64.7 Å². The number of nitrogens with zero attached hydrogens (tertiary/aromatic N) is 3. The van der Waals surface area contributed by atoms with E-state index in [0.29, 0.717) is 11.5 Å². The van der Waals surface area contributed by atoms with Crippen LogP contribution < -0.4 is 0 Å². The molecule has 3 rings (SSSR count). The molecule has 0 aliphatic heterocycles. The van der Waals surface area contributed by atoms with E-state index in [1.54, 1.807) is 10.6 Å². The monoisotopic (exact) mass is 307 g/mol. The summed E-state index contributed by atoms with van der Waals surface area (Å²) >= 11 is 11.9.